The third kappa shape index (κ3) is 3.65. The van der Waals surface area contributed by atoms with Crippen molar-refractivity contribution in [3.05, 3.63) is 48.0 Å². The fourth-order valence-electron chi connectivity index (χ4n) is 2.18. The number of hydrogen-bond acceptors (Lipinski definition) is 5. The molecule has 0 aromatic heterocycles. The lowest BCUT2D eigenvalue weighted by Crippen LogP contribution is -2.25. The first-order valence-corrected chi connectivity index (χ1v) is 8.01. The molecule has 2 aromatic carbocycles. The average Bonchev–Trinajstić information content (AvgIpc) is 2.59. The van der Waals surface area contributed by atoms with Crippen LogP contribution in [0.15, 0.2) is 47.4 Å². The van der Waals surface area contributed by atoms with Gasteiger partial charge in [-0.25, -0.2) is 0 Å². The number of anilines is 1. The van der Waals surface area contributed by atoms with Crippen LogP contribution in [0.1, 0.15) is 10.4 Å². The van der Waals surface area contributed by atoms with Crippen molar-refractivity contribution in [1.29, 1.82) is 0 Å². The molecule has 0 unspecified atom stereocenters. The SMILES string of the molecule is COc1cccc(SCC(=O)c2ccc3c(c2)NC(=O)CO3)c1. The van der Waals surface area contributed by atoms with E-state index in [1.165, 1.54) is 11.8 Å². The monoisotopic (exact) mass is 329 g/mol. The van der Waals surface area contributed by atoms with Gasteiger partial charge in [-0.05, 0) is 36.4 Å². The molecule has 5 nitrogen and oxygen atoms in total. The van der Waals surface area contributed by atoms with E-state index in [1.807, 2.05) is 24.3 Å². The largest absolute Gasteiger partial charge is 0.497 e. The van der Waals surface area contributed by atoms with E-state index in [4.69, 9.17) is 9.47 Å². The van der Waals surface area contributed by atoms with Crippen molar-refractivity contribution in [3.63, 3.8) is 0 Å². The summed E-state index contributed by atoms with van der Waals surface area (Å²) in [6.45, 7) is 0.00594. The van der Waals surface area contributed by atoms with Gasteiger partial charge in [0.15, 0.2) is 12.4 Å². The van der Waals surface area contributed by atoms with Crippen LogP contribution < -0.4 is 14.8 Å². The number of fused-ring (bicyclic) bond motifs is 1. The molecule has 1 N–H and O–H groups in total. The van der Waals surface area contributed by atoms with Crippen LogP contribution in [0.2, 0.25) is 0 Å². The minimum absolute atomic E-state index is 0.00594. The van der Waals surface area contributed by atoms with Crippen LogP contribution in [-0.4, -0.2) is 31.2 Å². The van der Waals surface area contributed by atoms with E-state index in [2.05, 4.69) is 5.32 Å². The lowest BCUT2D eigenvalue weighted by atomic mass is 10.1. The number of nitrogens with one attached hydrogen (secondary N) is 1. The Morgan fingerprint density at radius 1 is 1.30 bits per heavy atom. The van der Waals surface area contributed by atoms with E-state index in [9.17, 15) is 9.59 Å². The Labute approximate surface area is 138 Å². The molecular weight excluding hydrogens is 314 g/mol. The molecule has 0 saturated heterocycles. The van der Waals surface area contributed by atoms with E-state index in [-0.39, 0.29) is 18.3 Å². The second-order valence-electron chi connectivity index (χ2n) is 4.94. The number of amides is 1. The third-order valence-electron chi connectivity index (χ3n) is 3.35. The van der Waals surface area contributed by atoms with Gasteiger partial charge in [0.1, 0.15) is 11.5 Å². The zero-order chi connectivity index (χ0) is 16.2. The van der Waals surface area contributed by atoms with Crippen molar-refractivity contribution in [2.24, 2.45) is 0 Å². The first-order chi connectivity index (χ1) is 11.2. The molecule has 0 aliphatic carbocycles. The topological polar surface area (TPSA) is 64.6 Å². The molecular formula is C17H15NO4S. The normalized spacial score (nSPS) is 12.8. The molecule has 3 rings (SSSR count). The second kappa shape index (κ2) is 6.75. The van der Waals surface area contributed by atoms with E-state index in [0.717, 1.165) is 10.6 Å². The average molecular weight is 329 g/mol. The van der Waals surface area contributed by atoms with Gasteiger partial charge in [0, 0.05) is 10.5 Å². The summed E-state index contributed by atoms with van der Waals surface area (Å²) in [6.07, 6.45) is 0. The third-order valence-corrected chi connectivity index (χ3v) is 4.34. The number of ether oxygens (including phenoxy) is 2. The molecule has 118 valence electrons. The van der Waals surface area contributed by atoms with Crippen molar-refractivity contribution in [1.82, 2.24) is 0 Å². The highest BCUT2D eigenvalue weighted by atomic mass is 32.2. The molecule has 1 amide bonds. The molecule has 0 radical (unpaired) electrons. The maximum Gasteiger partial charge on any atom is 0.262 e. The minimum atomic E-state index is -0.215. The summed E-state index contributed by atoms with van der Waals surface area (Å²) in [7, 11) is 1.61. The molecule has 6 heteroatoms. The van der Waals surface area contributed by atoms with Gasteiger partial charge < -0.3 is 14.8 Å². The van der Waals surface area contributed by atoms with E-state index in [0.29, 0.717) is 22.8 Å². The Morgan fingerprint density at radius 2 is 2.17 bits per heavy atom. The van der Waals surface area contributed by atoms with Gasteiger partial charge in [0.25, 0.3) is 5.91 Å². The van der Waals surface area contributed by atoms with Crippen LogP contribution in [0, 0.1) is 0 Å². The van der Waals surface area contributed by atoms with Crippen LogP contribution >= 0.6 is 11.8 Å². The Hall–Kier alpha value is -2.47. The highest BCUT2D eigenvalue weighted by Gasteiger charge is 2.17. The maximum atomic E-state index is 12.3. The van der Waals surface area contributed by atoms with Crippen LogP contribution in [0.3, 0.4) is 0 Å². The number of benzene rings is 2. The lowest BCUT2D eigenvalue weighted by molar-refractivity contribution is -0.118. The van der Waals surface area contributed by atoms with Crippen molar-refractivity contribution >= 4 is 29.1 Å². The Kier molecular flexibility index (Phi) is 4.52. The Morgan fingerprint density at radius 3 is 3.00 bits per heavy atom. The van der Waals surface area contributed by atoms with E-state index >= 15 is 0 Å². The van der Waals surface area contributed by atoms with Gasteiger partial charge in [-0.1, -0.05) is 6.07 Å². The summed E-state index contributed by atoms with van der Waals surface area (Å²) in [4.78, 5) is 24.6. The molecule has 0 bridgehead atoms. The smallest absolute Gasteiger partial charge is 0.262 e. The number of hydrogen-bond donors (Lipinski definition) is 1. The highest BCUT2D eigenvalue weighted by Crippen LogP contribution is 2.29. The number of ketones is 1. The zero-order valence-corrected chi connectivity index (χ0v) is 13.3. The zero-order valence-electron chi connectivity index (χ0n) is 12.5. The molecule has 0 atom stereocenters. The maximum absolute atomic E-state index is 12.3. The quantitative estimate of drug-likeness (QED) is 0.675. The summed E-state index contributed by atoms with van der Waals surface area (Å²) in [5.41, 5.74) is 1.09. The number of carbonyl (C=O) groups is 2. The van der Waals surface area contributed by atoms with Gasteiger partial charge >= 0.3 is 0 Å². The summed E-state index contributed by atoms with van der Waals surface area (Å²) in [6, 6.07) is 12.6. The summed E-state index contributed by atoms with van der Waals surface area (Å²) >= 11 is 1.44. The number of carbonyl (C=O) groups excluding carboxylic acids is 2. The second-order valence-corrected chi connectivity index (χ2v) is 5.99. The first-order valence-electron chi connectivity index (χ1n) is 7.02. The van der Waals surface area contributed by atoms with Crippen LogP contribution in [0.25, 0.3) is 0 Å². The predicted molar refractivity (Wildman–Crippen MR) is 88.6 cm³/mol. The fourth-order valence-corrected chi connectivity index (χ4v) is 3.02. The minimum Gasteiger partial charge on any atom is -0.497 e. The number of thioether (sulfide) groups is 1. The fraction of sp³-hybridized carbons (Fsp3) is 0.176. The molecule has 2 aromatic rings. The lowest BCUT2D eigenvalue weighted by Gasteiger charge is -2.18. The highest BCUT2D eigenvalue weighted by molar-refractivity contribution is 8.00. The Balaban J connectivity index is 1.68. The molecule has 1 aliphatic heterocycles. The molecule has 0 saturated carbocycles. The van der Waals surface area contributed by atoms with Gasteiger partial charge in [-0.15, -0.1) is 11.8 Å². The van der Waals surface area contributed by atoms with Gasteiger partial charge in [-0.3, -0.25) is 9.59 Å². The van der Waals surface area contributed by atoms with Crippen molar-refractivity contribution < 1.29 is 19.1 Å². The summed E-state index contributed by atoms with van der Waals surface area (Å²) in [5, 5.41) is 2.70. The summed E-state index contributed by atoms with van der Waals surface area (Å²) in [5.74, 6) is 1.42. The van der Waals surface area contributed by atoms with Crippen molar-refractivity contribution in [3.8, 4) is 11.5 Å². The number of Topliss-reactive ketones (excluding diaryl/α,β-unsaturated/α-hetero) is 1. The van der Waals surface area contributed by atoms with E-state index in [1.54, 1.807) is 25.3 Å². The van der Waals surface area contributed by atoms with E-state index < -0.39 is 0 Å². The van der Waals surface area contributed by atoms with Gasteiger partial charge in [0.05, 0.1) is 18.6 Å². The first kappa shape index (κ1) is 15.4. The molecule has 0 fully saturated rings. The molecule has 23 heavy (non-hydrogen) atoms. The summed E-state index contributed by atoms with van der Waals surface area (Å²) < 4.78 is 10.4. The standard InChI is InChI=1S/C17H15NO4S/c1-21-12-3-2-4-13(8-12)23-10-15(19)11-5-6-16-14(7-11)18-17(20)9-22-16/h2-8H,9-10H2,1H3,(H,18,20). The van der Waals surface area contributed by atoms with Crippen LogP contribution in [-0.2, 0) is 4.79 Å². The van der Waals surface area contributed by atoms with Crippen LogP contribution in [0.5, 0.6) is 11.5 Å². The number of methoxy groups -OCH3 is 1. The predicted octanol–water partition coefficient (Wildman–Crippen LogP) is 3.00. The van der Waals surface area contributed by atoms with Crippen molar-refractivity contribution in [2.45, 2.75) is 4.90 Å². The van der Waals surface area contributed by atoms with Crippen molar-refractivity contribution in [2.75, 3.05) is 24.8 Å². The Bertz CT molecular complexity index is 760. The van der Waals surface area contributed by atoms with Gasteiger partial charge in [0.2, 0.25) is 0 Å². The van der Waals surface area contributed by atoms with Crippen LogP contribution in [0.4, 0.5) is 5.69 Å². The molecule has 1 aliphatic rings. The molecule has 1 heterocycles. The van der Waals surface area contributed by atoms with Gasteiger partial charge in [-0.2, -0.15) is 0 Å². The molecule has 0 spiro atoms. The number of rotatable bonds is 5.